The Labute approximate surface area is 148 Å². The summed E-state index contributed by atoms with van der Waals surface area (Å²) in [7, 11) is 5.39. The van der Waals surface area contributed by atoms with Crippen LogP contribution >= 0.6 is 0 Å². The van der Waals surface area contributed by atoms with E-state index < -0.39 is 5.91 Å². The zero-order valence-electron chi connectivity index (χ0n) is 14.8. The smallest absolute Gasteiger partial charge is 0.248 e. The number of hydrogen-bond donors (Lipinski definition) is 2. The molecule has 2 rings (SSSR count). The van der Waals surface area contributed by atoms with Gasteiger partial charge >= 0.3 is 0 Å². The van der Waals surface area contributed by atoms with Crippen molar-refractivity contribution in [2.75, 3.05) is 21.2 Å². The van der Waals surface area contributed by atoms with E-state index in [1.165, 1.54) is 0 Å². The molecule has 0 atom stereocenters. The van der Waals surface area contributed by atoms with Crippen molar-refractivity contribution in [3.8, 4) is 5.75 Å². The molecule has 0 heterocycles. The molecule has 1 amide bonds. The highest BCUT2D eigenvalue weighted by molar-refractivity contribution is 5.92. The van der Waals surface area contributed by atoms with Crippen LogP contribution in [0.25, 0.3) is 0 Å². The molecule has 0 aromatic heterocycles. The maximum atomic E-state index is 11.1. The largest absolute Gasteiger partial charge is 0.496 e. The van der Waals surface area contributed by atoms with Gasteiger partial charge < -0.3 is 20.7 Å². The molecule has 0 saturated carbocycles. The van der Waals surface area contributed by atoms with E-state index in [-0.39, 0.29) is 0 Å². The molecule has 0 saturated heterocycles. The second kappa shape index (κ2) is 8.73. The first-order valence-electron chi connectivity index (χ1n) is 7.97. The maximum absolute atomic E-state index is 11.1. The number of nitrogens with two attached hydrogens (primary N) is 1. The van der Waals surface area contributed by atoms with E-state index >= 15 is 0 Å². The zero-order chi connectivity index (χ0) is 18.2. The standard InChI is InChI=1S/C19H24N4O2/c1-21-19(22-12-14-8-10-15(11-9-14)18(20)24)23(2)13-16-6-4-5-7-17(16)25-3/h4-11H,12-13H2,1-3H3,(H2,20,24)(H,21,22). The first-order valence-corrected chi connectivity index (χ1v) is 7.97. The number of carbonyl (C=O) groups excluding carboxylic acids is 1. The van der Waals surface area contributed by atoms with Gasteiger partial charge in [0.1, 0.15) is 5.75 Å². The van der Waals surface area contributed by atoms with Crippen LogP contribution in [0, 0.1) is 0 Å². The van der Waals surface area contributed by atoms with Gasteiger partial charge in [-0.15, -0.1) is 0 Å². The van der Waals surface area contributed by atoms with E-state index in [1.54, 1.807) is 26.3 Å². The molecule has 0 radical (unpaired) electrons. The van der Waals surface area contributed by atoms with Crippen LogP contribution < -0.4 is 15.8 Å². The number of hydrogen-bond acceptors (Lipinski definition) is 3. The normalized spacial score (nSPS) is 11.1. The van der Waals surface area contributed by atoms with Crippen LogP contribution in [0.1, 0.15) is 21.5 Å². The number of nitrogens with one attached hydrogen (secondary N) is 1. The SMILES string of the molecule is CN=C(NCc1ccc(C(N)=O)cc1)N(C)Cc1ccccc1OC. The van der Waals surface area contributed by atoms with E-state index in [0.717, 1.165) is 22.8 Å². The number of aliphatic imine (C=N–C) groups is 1. The molecular weight excluding hydrogens is 316 g/mol. The van der Waals surface area contributed by atoms with Gasteiger partial charge in [-0.2, -0.15) is 0 Å². The average Bonchev–Trinajstić information content (AvgIpc) is 2.63. The summed E-state index contributed by atoms with van der Waals surface area (Å²) in [6.45, 7) is 1.27. The van der Waals surface area contributed by atoms with Gasteiger partial charge in [-0.3, -0.25) is 9.79 Å². The summed E-state index contributed by atoms with van der Waals surface area (Å²) >= 11 is 0. The molecular formula is C19H24N4O2. The van der Waals surface area contributed by atoms with Crippen LogP contribution in [0.3, 0.4) is 0 Å². The van der Waals surface area contributed by atoms with Gasteiger partial charge in [0.15, 0.2) is 5.96 Å². The van der Waals surface area contributed by atoms with Gasteiger partial charge in [-0.25, -0.2) is 0 Å². The molecule has 25 heavy (non-hydrogen) atoms. The number of rotatable bonds is 6. The molecule has 132 valence electrons. The van der Waals surface area contributed by atoms with Crippen molar-refractivity contribution in [2.24, 2.45) is 10.7 Å². The van der Waals surface area contributed by atoms with Crippen LogP contribution in [0.5, 0.6) is 5.75 Å². The number of guanidine groups is 1. The van der Waals surface area contributed by atoms with Crippen LogP contribution in [0.4, 0.5) is 0 Å². The number of carbonyl (C=O) groups is 1. The Hall–Kier alpha value is -3.02. The summed E-state index contributed by atoms with van der Waals surface area (Å²) < 4.78 is 5.39. The minimum atomic E-state index is -0.424. The minimum Gasteiger partial charge on any atom is -0.496 e. The number of primary amides is 1. The number of ether oxygens (including phenoxy) is 1. The molecule has 0 aliphatic heterocycles. The molecule has 6 nitrogen and oxygen atoms in total. The average molecular weight is 340 g/mol. The van der Waals surface area contributed by atoms with E-state index in [0.29, 0.717) is 18.7 Å². The first-order chi connectivity index (χ1) is 12.0. The maximum Gasteiger partial charge on any atom is 0.248 e. The van der Waals surface area contributed by atoms with Crippen molar-refractivity contribution in [1.82, 2.24) is 10.2 Å². The highest BCUT2D eigenvalue weighted by Gasteiger charge is 2.10. The van der Waals surface area contributed by atoms with Gasteiger partial charge in [-0.1, -0.05) is 30.3 Å². The lowest BCUT2D eigenvalue weighted by atomic mass is 10.1. The monoisotopic (exact) mass is 340 g/mol. The summed E-state index contributed by atoms with van der Waals surface area (Å²) in [5.41, 5.74) is 7.88. The summed E-state index contributed by atoms with van der Waals surface area (Å²) in [5, 5.41) is 3.31. The number of para-hydroxylation sites is 1. The fourth-order valence-corrected chi connectivity index (χ4v) is 2.52. The fourth-order valence-electron chi connectivity index (χ4n) is 2.52. The lowest BCUT2D eigenvalue weighted by Crippen LogP contribution is -2.38. The molecule has 6 heteroatoms. The Bertz CT molecular complexity index is 741. The number of methoxy groups -OCH3 is 1. The third kappa shape index (κ3) is 4.97. The lowest BCUT2D eigenvalue weighted by Gasteiger charge is -2.23. The minimum absolute atomic E-state index is 0.424. The van der Waals surface area contributed by atoms with Gasteiger partial charge in [0.05, 0.1) is 7.11 Å². The van der Waals surface area contributed by atoms with Gasteiger partial charge in [-0.05, 0) is 23.8 Å². The summed E-state index contributed by atoms with van der Waals surface area (Å²) in [6, 6.07) is 15.1. The van der Waals surface area contributed by atoms with Crippen LogP contribution in [-0.4, -0.2) is 38.0 Å². The van der Waals surface area contributed by atoms with Crippen molar-refractivity contribution >= 4 is 11.9 Å². The van der Waals surface area contributed by atoms with E-state index in [2.05, 4.69) is 10.3 Å². The molecule has 0 unspecified atom stereocenters. The topological polar surface area (TPSA) is 79.9 Å². The summed E-state index contributed by atoms with van der Waals surface area (Å²) in [5.74, 6) is 1.20. The van der Waals surface area contributed by atoms with Crippen molar-refractivity contribution in [1.29, 1.82) is 0 Å². The third-order valence-electron chi connectivity index (χ3n) is 3.86. The molecule has 0 bridgehead atoms. The van der Waals surface area contributed by atoms with Gasteiger partial charge in [0.25, 0.3) is 0 Å². The van der Waals surface area contributed by atoms with Crippen LogP contribution in [0.2, 0.25) is 0 Å². The Morgan fingerprint density at radius 1 is 1.20 bits per heavy atom. The molecule has 0 fully saturated rings. The Kier molecular flexibility index (Phi) is 6.39. The highest BCUT2D eigenvalue weighted by Crippen LogP contribution is 2.18. The number of amides is 1. The second-order valence-corrected chi connectivity index (χ2v) is 5.63. The Balaban J connectivity index is 1.98. The van der Waals surface area contributed by atoms with Crippen molar-refractivity contribution in [2.45, 2.75) is 13.1 Å². The van der Waals surface area contributed by atoms with Gasteiger partial charge in [0, 0.05) is 38.3 Å². The van der Waals surface area contributed by atoms with Crippen molar-refractivity contribution < 1.29 is 9.53 Å². The van der Waals surface area contributed by atoms with E-state index in [4.69, 9.17) is 10.5 Å². The summed E-state index contributed by atoms with van der Waals surface area (Å²) in [6.07, 6.45) is 0. The molecule has 0 aliphatic carbocycles. The van der Waals surface area contributed by atoms with Gasteiger partial charge in [0.2, 0.25) is 5.91 Å². The van der Waals surface area contributed by atoms with Crippen LogP contribution in [0.15, 0.2) is 53.5 Å². The number of nitrogens with zero attached hydrogens (tertiary/aromatic N) is 2. The van der Waals surface area contributed by atoms with Crippen molar-refractivity contribution in [3.05, 3.63) is 65.2 Å². The Morgan fingerprint density at radius 2 is 1.88 bits per heavy atom. The zero-order valence-corrected chi connectivity index (χ0v) is 14.8. The van der Waals surface area contributed by atoms with Crippen LogP contribution in [-0.2, 0) is 13.1 Å². The molecule has 0 aliphatic rings. The fraction of sp³-hybridized carbons (Fsp3) is 0.263. The summed E-state index contributed by atoms with van der Waals surface area (Å²) in [4.78, 5) is 17.5. The second-order valence-electron chi connectivity index (χ2n) is 5.63. The van der Waals surface area contributed by atoms with Crippen molar-refractivity contribution in [3.63, 3.8) is 0 Å². The molecule has 2 aromatic rings. The third-order valence-corrected chi connectivity index (χ3v) is 3.86. The van der Waals surface area contributed by atoms with E-state index in [9.17, 15) is 4.79 Å². The lowest BCUT2D eigenvalue weighted by molar-refractivity contribution is 0.100. The molecule has 3 N–H and O–H groups in total. The predicted octanol–water partition coefficient (Wildman–Crippen LogP) is 2.00. The van der Waals surface area contributed by atoms with E-state index in [1.807, 2.05) is 48.3 Å². The highest BCUT2D eigenvalue weighted by atomic mass is 16.5. The Morgan fingerprint density at radius 3 is 2.48 bits per heavy atom. The predicted molar refractivity (Wildman–Crippen MR) is 99.6 cm³/mol. The quantitative estimate of drug-likeness (QED) is 0.623. The first kappa shape index (κ1) is 18.3. The molecule has 0 spiro atoms. The molecule has 2 aromatic carbocycles. The number of benzene rings is 2.